The van der Waals surface area contributed by atoms with E-state index in [0.29, 0.717) is 38.1 Å². The topological polar surface area (TPSA) is 42.9 Å². The summed E-state index contributed by atoms with van der Waals surface area (Å²) in [4.78, 5) is 8.54. The van der Waals surface area contributed by atoms with Crippen LogP contribution in [0.25, 0.3) is 0 Å². The van der Waals surface area contributed by atoms with Crippen molar-refractivity contribution < 1.29 is 13.2 Å². The summed E-state index contributed by atoms with van der Waals surface area (Å²) in [5, 5.41) is 6.49. The van der Waals surface area contributed by atoms with Crippen LogP contribution >= 0.6 is 0 Å². The van der Waals surface area contributed by atoms with Crippen LogP contribution in [0.4, 0.5) is 13.2 Å². The van der Waals surface area contributed by atoms with Crippen LogP contribution in [0, 0.1) is 0 Å². The van der Waals surface area contributed by atoms with Crippen molar-refractivity contribution in [2.75, 3.05) is 45.8 Å². The molecule has 2 aliphatic rings. The van der Waals surface area contributed by atoms with Gasteiger partial charge in [-0.2, -0.15) is 13.2 Å². The number of piperidine rings is 1. The van der Waals surface area contributed by atoms with Crippen LogP contribution in [0.1, 0.15) is 39.5 Å². The minimum absolute atomic E-state index is 0.0223. The molecule has 2 rings (SSSR count). The summed E-state index contributed by atoms with van der Waals surface area (Å²) in [6.07, 6.45) is 0.395. The summed E-state index contributed by atoms with van der Waals surface area (Å²) in [7, 11) is 0. The van der Waals surface area contributed by atoms with E-state index < -0.39 is 12.7 Å². The Bertz CT molecular complexity index is 427. The molecule has 2 aliphatic heterocycles. The molecule has 0 bridgehead atoms. The molecule has 0 aliphatic carbocycles. The zero-order chi connectivity index (χ0) is 18.3. The standard InChI is InChI=1S/C17H32F3N5/c1-3-21-16(22-8-11-25-9-5-4-6-14(25)2)23-15-7-10-24(12-15)13-17(18,19)20/h14-15H,3-13H2,1-2H3,(H2,21,22,23). The number of likely N-dealkylation sites (tertiary alicyclic amines) is 2. The fourth-order valence-electron chi connectivity index (χ4n) is 3.64. The van der Waals surface area contributed by atoms with E-state index in [2.05, 4.69) is 27.4 Å². The van der Waals surface area contributed by atoms with Gasteiger partial charge in [0.1, 0.15) is 0 Å². The molecule has 2 heterocycles. The van der Waals surface area contributed by atoms with Crippen molar-refractivity contribution in [3.05, 3.63) is 0 Å². The Morgan fingerprint density at radius 2 is 2.00 bits per heavy atom. The largest absolute Gasteiger partial charge is 0.401 e. The van der Waals surface area contributed by atoms with Gasteiger partial charge in [-0.1, -0.05) is 6.42 Å². The summed E-state index contributed by atoms with van der Waals surface area (Å²) in [6, 6.07) is 0.638. The SMILES string of the molecule is CCNC(=NCCN1CCCCC1C)NC1CCN(CC(F)(F)F)C1. The first-order valence-electron chi connectivity index (χ1n) is 9.45. The van der Waals surface area contributed by atoms with Crippen LogP contribution < -0.4 is 10.6 Å². The Kier molecular flexibility index (Phi) is 7.81. The quantitative estimate of drug-likeness (QED) is 0.560. The van der Waals surface area contributed by atoms with Crippen molar-refractivity contribution in [1.82, 2.24) is 20.4 Å². The number of nitrogens with one attached hydrogen (secondary N) is 2. The second-order valence-corrected chi connectivity index (χ2v) is 7.12. The third kappa shape index (κ3) is 7.40. The van der Waals surface area contributed by atoms with E-state index in [9.17, 15) is 13.2 Å². The normalized spacial score (nSPS) is 26.8. The maximum atomic E-state index is 12.5. The predicted molar refractivity (Wildman–Crippen MR) is 94.9 cm³/mol. The first-order valence-corrected chi connectivity index (χ1v) is 9.45. The van der Waals surface area contributed by atoms with E-state index in [1.54, 1.807) is 0 Å². The molecule has 146 valence electrons. The van der Waals surface area contributed by atoms with Gasteiger partial charge in [0.15, 0.2) is 5.96 Å². The summed E-state index contributed by atoms with van der Waals surface area (Å²) in [5.41, 5.74) is 0. The summed E-state index contributed by atoms with van der Waals surface area (Å²) < 4.78 is 37.5. The van der Waals surface area contributed by atoms with E-state index in [1.807, 2.05) is 6.92 Å². The van der Waals surface area contributed by atoms with Crippen LogP contribution in [0.5, 0.6) is 0 Å². The van der Waals surface area contributed by atoms with Crippen molar-refractivity contribution in [2.45, 2.75) is 57.8 Å². The minimum Gasteiger partial charge on any atom is -0.357 e. The molecule has 0 radical (unpaired) electrons. The fourth-order valence-corrected chi connectivity index (χ4v) is 3.64. The summed E-state index contributed by atoms with van der Waals surface area (Å²) in [6.45, 7) is 7.83. The Hall–Kier alpha value is -1.02. The highest BCUT2D eigenvalue weighted by Crippen LogP contribution is 2.20. The van der Waals surface area contributed by atoms with Crippen LogP contribution in [-0.2, 0) is 0 Å². The number of rotatable bonds is 6. The molecular weight excluding hydrogens is 331 g/mol. The highest BCUT2D eigenvalue weighted by molar-refractivity contribution is 5.80. The van der Waals surface area contributed by atoms with Gasteiger partial charge in [-0.3, -0.25) is 14.8 Å². The first kappa shape index (κ1) is 20.3. The van der Waals surface area contributed by atoms with E-state index in [4.69, 9.17) is 0 Å². The van der Waals surface area contributed by atoms with E-state index in [1.165, 1.54) is 24.2 Å². The molecule has 2 fully saturated rings. The lowest BCUT2D eigenvalue weighted by atomic mass is 10.0. The maximum absolute atomic E-state index is 12.5. The molecule has 0 aromatic carbocycles. The summed E-state index contributed by atoms with van der Waals surface area (Å²) in [5.74, 6) is 0.714. The lowest BCUT2D eigenvalue weighted by Gasteiger charge is -2.32. The van der Waals surface area contributed by atoms with Crippen molar-refractivity contribution in [3.63, 3.8) is 0 Å². The van der Waals surface area contributed by atoms with Gasteiger partial charge < -0.3 is 10.6 Å². The Morgan fingerprint density at radius 3 is 2.68 bits per heavy atom. The monoisotopic (exact) mass is 363 g/mol. The number of guanidine groups is 1. The van der Waals surface area contributed by atoms with Crippen LogP contribution in [0.2, 0.25) is 0 Å². The molecule has 2 atom stereocenters. The number of nitrogens with zero attached hydrogens (tertiary/aromatic N) is 3. The fraction of sp³-hybridized carbons (Fsp3) is 0.941. The molecule has 8 heteroatoms. The molecule has 0 saturated carbocycles. The molecule has 0 amide bonds. The zero-order valence-corrected chi connectivity index (χ0v) is 15.4. The molecule has 0 spiro atoms. The Morgan fingerprint density at radius 1 is 1.20 bits per heavy atom. The third-order valence-corrected chi connectivity index (χ3v) is 4.96. The first-order chi connectivity index (χ1) is 11.9. The molecule has 25 heavy (non-hydrogen) atoms. The number of aliphatic imine (C=N–C) groups is 1. The Balaban J connectivity index is 1.77. The van der Waals surface area contributed by atoms with E-state index >= 15 is 0 Å². The van der Waals surface area contributed by atoms with Crippen LogP contribution in [0.15, 0.2) is 4.99 Å². The number of hydrogen-bond donors (Lipinski definition) is 2. The van der Waals surface area contributed by atoms with Gasteiger partial charge in [-0.25, -0.2) is 0 Å². The molecule has 0 aromatic rings. The van der Waals surface area contributed by atoms with Gasteiger partial charge in [0.05, 0.1) is 13.1 Å². The molecule has 2 N–H and O–H groups in total. The lowest BCUT2D eigenvalue weighted by Crippen LogP contribution is -2.45. The van der Waals surface area contributed by atoms with Gasteiger partial charge in [-0.05, 0) is 39.7 Å². The van der Waals surface area contributed by atoms with Gasteiger partial charge in [0.25, 0.3) is 0 Å². The maximum Gasteiger partial charge on any atom is 0.401 e. The Labute approximate surface area is 149 Å². The molecule has 2 saturated heterocycles. The van der Waals surface area contributed by atoms with Gasteiger partial charge in [-0.15, -0.1) is 0 Å². The highest BCUT2D eigenvalue weighted by Gasteiger charge is 2.34. The van der Waals surface area contributed by atoms with Crippen molar-refractivity contribution in [2.24, 2.45) is 4.99 Å². The molecule has 5 nitrogen and oxygen atoms in total. The van der Waals surface area contributed by atoms with Gasteiger partial charge in [0.2, 0.25) is 0 Å². The number of alkyl halides is 3. The van der Waals surface area contributed by atoms with E-state index in [0.717, 1.165) is 19.6 Å². The highest BCUT2D eigenvalue weighted by atomic mass is 19.4. The second-order valence-electron chi connectivity index (χ2n) is 7.12. The smallest absolute Gasteiger partial charge is 0.357 e. The van der Waals surface area contributed by atoms with Gasteiger partial charge in [0, 0.05) is 38.3 Å². The van der Waals surface area contributed by atoms with Crippen molar-refractivity contribution in [1.29, 1.82) is 0 Å². The average Bonchev–Trinajstić information content (AvgIpc) is 2.94. The lowest BCUT2D eigenvalue weighted by molar-refractivity contribution is -0.143. The number of hydrogen-bond acceptors (Lipinski definition) is 3. The second kappa shape index (κ2) is 9.62. The van der Waals surface area contributed by atoms with Crippen LogP contribution in [-0.4, -0.2) is 79.8 Å². The molecule has 2 unspecified atom stereocenters. The molecular formula is C17H32F3N5. The number of halogens is 3. The van der Waals surface area contributed by atoms with E-state index in [-0.39, 0.29) is 6.04 Å². The van der Waals surface area contributed by atoms with Gasteiger partial charge >= 0.3 is 6.18 Å². The average molecular weight is 363 g/mol. The van der Waals surface area contributed by atoms with Crippen LogP contribution in [0.3, 0.4) is 0 Å². The predicted octanol–water partition coefficient (Wildman–Crippen LogP) is 2.05. The third-order valence-electron chi connectivity index (χ3n) is 4.96. The molecule has 0 aromatic heterocycles. The zero-order valence-electron chi connectivity index (χ0n) is 15.4. The van der Waals surface area contributed by atoms with Crippen molar-refractivity contribution in [3.8, 4) is 0 Å². The summed E-state index contributed by atoms with van der Waals surface area (Å²) >= 11 is 0. The van der Waals surface area contributed by atoms with Crippen molar-refractivity contribution >= 4 is 5.96 Å². The minimum atomic E-state index is -4.13.